The summed E-state index contributed by atoms with van der Waals surface area (Å²) in [7, 11) is 0. The second-order valence-corrected chi connectivity index (χ2v) is 15.0. The first-order chi connectivity index (χ1) is 27.0. The van der Waals surface area contributed by atoms with Crippen LogP contribution in [-0.4, -0.2) is 37.2 Å². The SMILES string of the molecule is CC\C=C/C=C\C=C/CCCCCCCC(=O)OC(COC(=O)CCCC/C=C\C/C=C\CC)COC(=O)CCCCCCCCCCCCCCCCC. The summed E-state index contributed by atoms with van der Waals surface area (Å²) in [5.41, 5.74) is 0. The molecule has 316 valence electrons. The number of allylic oxidation sites excluding steroid dienone is 10. The van der Waals surface area contributed by atoms with Gasteiger partial charge >= 0.3 is 17.9 Å². The van der Waals surface area contributed by atoms with Gasteiger partial charge in [0.15, 0.2) is 6.10 Å². The van der Waals surface area contributed by atoms with Gasteiger partial charge in [-0.15, -0.1) is 0 Å². The lowest BCUT2D eigenvalue weighted by Crippen LogP contribution is -2.30. The first kappa shape index (κ1) is 52.1. The normalized spacial score (nSPS) is 12.6. The van der Waals surface area contributed by atoms with Crippen molar-refractivity contribution in [2.75, 3.05) is 13.2 Å². The molecule has 0 bridgehead atoms. The van der Waals surface area contributed by atoms with Gasteiger partial charge in [-0.3, -0.25) is 14.4 Å². The smallest absolute Gasteiger partial charge is 0.306 e. The summed E-state index contributed by atoms with van der Waals surface area (Å²) in [6, 6.07) is 0. The molecule has 0 aromatic rings. The molecular formula is C49H84O6. The number of carbonyl (C=O) groups excluding carboxylic acids is 3. The Balaban J connectivity index is 4.39. The van der Waals surface area contributed by atoms with Gasteiger partial charge in [0, 0.05) is 19.3 Å². The number of hydrogen-bond acceptors (Lipinski definition) is 6. The molecule has 1 unspecified atom stereocenters. The molecule has 0 saturated heterocycles. The van der Waals surface area contributed by atoms with Crippen molar-refractivity contribution >= 4 is 17.9 Å². The Morgan fingerprint density at radius 3 is 1.33 bits per heavy atom. The molecule has 0 aromatic carbocycles. The zero-order chi connectivity index (χ0) is 40.1. The molecule has 1 atom stereocenters. The van der Waals surface area contributed by atoms with Crippen LogP contribution in [0.25, 0.3) is 0 Å². The van der Waals surface area contributed by atoms with Gasteiger partial charge in [0.1, 0.15) is 13.2 Å². The zero-order valence-electron chi connectivity index (χ0n) is 35.9. The minimum Gasteiger partial charge on any atom is -0.462 e. The van der Waals surface area contributed by atoms with E-state index in [2.05, 4.69) is 81.5 Å². The van der Waals surface area contributed by atoms with Crippen LogP contribution in [0.4, 0.5) is 0 Å². The Bertz CT molecular complexity index is 1020. The molecule has 0 saturated carbocycles. The van der Waals surface area contributed by atoms with Crippen molar-refractivity contribution in [3.8, 4) is 0 Å². The van der Waals surface area contributed by atoms with E-state index in [9.17, 15) is 14.4 Å². The van der Waals surface area contributed by atoms with Gasteiger partial charge in [0.05, 0.1) is 0 Å². The molecule has 0 amide bonds. The Kier molecular flexibility index (Phi) is 41.5. The third-order valence-electron chi connectivity index (χ3n) is 9.58. The van der Waals surface area contributed by atoms with Gasteiger partial charge in [-0.1, -0.05) is 191 Å². The maximum absolute atomic E-state index is 12.7. The van der Waals surface area contributed by atoms with Gasteiger partial charge in [0.25, 0.3) is 0 Å². The Hall–Kier alpha value is -2.89. The van der Waals surface area contributed by atoms with E-state index >= 15 is 0 Å². The highest BCUT2D eigenvalue weighted by Gasteiger charge is 2.19. The van der Waals surface area contributed by atoms with Crippen LogP contribution in [0, 0.1) is 0 Å². The van der Waals surface area contributed by atoms with Crippen LogP contribution in [-0.2, 0) is 28.6 Å². The van der Waals surface area contributed by atoms with E-state index in [1.165, 1.54) is 77.0 Å². The number of hydrogen-bond donors (Lipinski definition) is 0. The van der Waals surface area contributed by atoms with Crippen molar-refractivity contribution < 1.29 is 28.6 Å². The lowest BCUT2D eigenvalue weighted by Gasteiger charge is -2.18. The van der Waals surface area contributed by atoms with Crippen LogP contribution in [0.1, 0.15) is 213 Å². The van der Waals surface area contributed by atoms with Gasteiger partial charge in [0.2, 0.25) is 0 Å². The maximum Gasteiger partial charge on any atom is 0.306 e. The molecule has 0 aliphatic heterocycles. The number of ether oxygens (including phenoxy) is 3. The van der Waals surface area contributed by atoms with E-state index < -0.39 is 6.10 Å². The minimum atomic E-state index is -0.793. The van der Waals surface area contributed by atoms with Crippen molar-refractivity contribution in [2.45, 2.75) is 219 Å². The molecule has 0 aliphatic rings. The molecule has 0 N–H and O–H groups in total. The maximum atomic E-state index is 12.7. The largest absolute Gasteiger partial charge is 0.462 e. The Morgan fingerprint density at radius 1 is 0.400 bits per heavy atom. The van der Waals surface area contributed by atoms with Crippen molar-refractivity contribution in [1.82, 2.24) is 0 Å². The highest BCUT2D eigenvalue weighted by atomic mass is 16.6. The quantitative estimate of drug-likeness (QED) is 0.0203. The van der Waals surface area contributed by atoms with E-state index in [-0.39, 0.29) is 31.1 Å². The summed E-state index contributed by atoms with van der Waals surface area (Å²) in [6.07, 6.45) is 52.2. The molecular weight excluding hydrogens is 685 g/mol. The summed E-state index contributed by atoms with van der Waals surface area (Å²) in [4.78, 5) is 37.7. The highest BCUT2D eigenvalue weighted by molar-refractivity contribution is 5.71. The predicted molar refractivity (Wildman–Crippen MR) is 233 cm³/mol. The van der Waals surface area contributed by atoms with E-state index in [1.807, 2.05) is 0 Å². The van der Waals surface area contributed by atoms with Crippen molar-refractivity contribution in [1.29, 1.82) is 0 Å². The first-order valence-corrected chi connectivity index (χ1v) is 22.8. The van der Waals surface area contributed by atoms with E-state index in [4.69, 9.17) is 14.2 Å². The fourth-order valence-corrected chi connectivity index (χ4v) is 6.18. The molecule has 0 aliphatic carbocycles. The van der Waals surface area contributed by atoms with Crippen LogP contribution in [0.5, 0.6) is 0 Å². The van der Waals surface area contributed by atoms with Gasteiger partial charge in [-0.25, -0.2) is 0 Å². The lowest BCUT2D eigenvalue weighted by atomic mass is 10.0. The van der Waals surface area contributed by atoms with E-state index in [0.29, 0.717) is 19.3 Å². The van der Waals surface area contributed by atoms with Crippen LogP contribution >= 0.6 is 0 Å². The lowest BCUT2D eigenvalue weighted by molar-refractivity contribution is -0.167. The average molecular weight is 769 g/mol. The van der Waals surface area contributed by atoms with Crippen molar-refractivity contribution in [3.63, 3.8) is 0 Å². The number of esters is 3. The third-order valence-corrected chi connectivity index (χ3v) is 9.58. The van der Waals surface area contributed by atoms with Gasteiger partial charge < -0.3 is 14.2 Å². The fraction of sp³-hybridized carbons (Fsp3) is 0.735. The Labute approximate surface area is 339 Å². The molecule has 0 aromatic heterocycles. The molecule has 6 nitrogen and oxygen atoms in total. The second kappa shape index (κ2) is 43.8. The Morgan fingerprint density at radius 2 is 0.800 bits per heavy atom. The second-order valence-electron chi connectivity index (χ2n) is 15.0. The van der Waals surface area contributed by atoms with Crippen LogP contribution < -0.4 is 0 Å². The zero-order valence-corrected chi connectivity index (χ0v) is 35.9. The van der Waals surface area contributed by atoms with Crippen LogP contribution in [0.15, 0.2) is 60.8 Å². The van der Waals surface area contributed by atoms with E-state index in [1.54, 1.807) is 0 Å². The van der Waals surface area contributed by atoms with Crippen molar-refractivity contribution in [2.24, 2.45) is 0 Å². The van der Waals surface area contributed by atoms with Crippen LogP contribution in [0.3, 0.4) is 0 Å². The standard InChI is InChI=1S/C49H84O6/c1-4-7-10-13-16-19-21-23-24-26-27-30-33-36-39-42-48(51)54-45-46(44-53-47(50)41-38-35-32-29-18-15-12-9-6-3)55-49(52)43-40-37-34-31-28-25-22-20-17-14-11-8-5-2/h8-9,11-12,14,17-18,20,22,29,46H,4-7,10,13,15-16,19,21,23-28,30-45H2,1-3H3/b11-8-,12-9-,17-14-,22-20-,29-18-. The fourth-order valence-electron chi connectivity index (χ4n) is 6.18. The number of unbranched alkanes of at least 4 members (excludes halogenated alkanes) is 21. The molecule has 6 heteroatoms. The minimum absolute atomic E-state index is 0.0918. The molecule has 55 heavy (non-hydrogen) atoms. The van der Waals surface area contributed by atoms with Crippen LogP contribution in [0.2, 0.25) is 0 Å². The number of rotatable bonds is 40. The molecule has 0 heterocycles. The number of carbonyl (C=O) groups is 3. The average Bonchev–Trinajstić information content (AvgIpc) is 3.18. The highest BCUT2D eigenvalue weighted by Crippen LogP contribution is 2.15. The van der Waals surface area contributed by atoms with Crippen molar-refractivity contribution in [3.05, 3.63) is 60.8 Å². The summed E-state index contributed by atoms with van der Waals surface area (Å²) in [5, 5.41) is 0. The van der Waals surface area contributed by atoms with Gasteiger partial charge in [-0.2, -0.15) is 0 Å². The van der Waals surface area contributed by atoms with Gasteiger partial charge in [-0.05, 0) is 64.2 Å². The molecule has 0 spiro atoms. The predicted octanol–water partition coefficient (Wildman–Crippen LogP) is 14.5. The monoisotopic (exact) mass is 769 g/mol. The summed E-state index contributed by atoms with van der Waals surface area (Å²) >= 11 is 0. The van der Waals surface area contributed by atoms with E-state index in [0.717, 1.165) is 96.3 Å². The summed E-state index contributed by atoms with van der Waals surface area (Å²) in [6.45, 7) is 6.32. The first-order valence-electron chi connectivity index (χ1n) is 22.8. The third kappa shape index (κ3) is 42.1. The summed E-state index contributed by atoms with van der Waals surface area (Å²) in [5.74, 6) is -0.953. The molecule has 0 radical (unpaired) electrons. The topological polar surface area (TPSA) is 78.9 Å². The molecule has 0 rings (SSSR count). The molecule has 0 fully saturated rings. The summed E-state index contributed by atoms with van der Waals surface area (Å²) < 4.78 is 16.6.